The van der Waals surface area contributed by atoms with Crippen molar-refractivity contribution in [3.63, 3.8) is 0 Å². The number of benzene rings is 1. The molecule has 0 radical (unpaired) electrons. The first-order valence-electron chi connectivity index (χ1n) is 8.34. The number of carbonyl (C=O) groups excluding carboxylic acids is 1. The Bertz CT molecular complexity index is 876. The van der Waals surface area contributed by atoms with Gasteiger partial charge in [0.15, 0.2) is 0 Å². The van der Waals surface area contributed by atoms with Gasteiger partial charge in [-0.1, -0.05) is 44.2 Å². The minimum absolute atomic E-state index is 0.0926. The van der Waals surface area contributed by atoms with Crippen LogP contribution in [-0.2, 0) is 10.2 Å². The quantitative estimate of drug-likeness (QED) is 0.491. The van der Waals surface area contributed by atoms with E-state index in [0.29, 0.717) is 5.69 Å². The van der Waals surface area contributed by atoms with E-state index in [1.165, 1.54) is 24.5 Å². The summed E-state index contributed by atoms with van der Waals surface area (Å²) in [5.74, 6) is -0.734. The summed E-state index contributed by atoms with van der Waals surface area (Å²) in [6.07, 6.45) is 5.07. The molecular weight excluding hydrogens is 331 g/mol. The molecule has 3 N–H and O–H groups in total. The largest absolute Gasteiger partial charge is 0.384 e. The molecule has 1 heterocycles. The van der Waals surface area contributed by atoms with Crippen LogP contribution in [0.5, 0.6) is 0 Å². The summed E-state index contributed by atoms with van der Waals surface area (Å²) in [6, 6.07) is 12.5. The van der Waals surface area contributed by atoms with Gasteiger partial charge in [-0.3, -0.25) is 4.79 Å². The van der Waals surface area contributed by atoms with Gasteiger partial charge in [0.05, 0.1) is 5.41 Å². The van der Waals surface area contributed by atoms with Crippen molar-refractivity contribution in [1.29, 1.82) is 0 Å². The normalized spacial score (nSPS) is 21.6. The average molecular weight is 352 g/mol. The summed E-state index contributed by atoms with van der Waals surface area (Å²) in [5.41, 5.74) is 6.57. The second-order valence-corrected chi connectivity index (χ2v) is 7.02. The van der Waals surface area contributed by atoms with Crippen LogP contribution in [0.4, 0.5) is 10.1 Å². The lowest BCUT2D eigenvalue weighted by molar-refractivity contribution is -0.121. The Hall–Kier alpha value is -3.02. The number of rotatable bonds is 5. The second-order valence-electron chi connectivity index (χ2n) is 7.02. The maximum Gasteiger partial charge on any atom is 0.258 e. The third kappa shape index (κ3) is 3.35. The number of aliphatic imine (C=N–C) groups is 1. The number of aromatic nitrogens is 1. The second kappa shape index (κ2) is 6.71. The van der Waals surface area contributed by atoms with E-state index in [0.717, 1.165) is 12.0 Å². The number of amidine groups is 1. The number of nitrogens with one attached hydrogen (secondary N) is 1. The van der Waals surface area contributed by atoms with E-state index in [2.05, 4.69) is 29.1 Å². The standard InChI is InChI=1S/C20H21FN4O/c1-19(2)13-20(19,14-6-4-3-5-7-14)18(26)25-17(22)9-11-23-15-8-10-24-16(21)12-15/h3-12H,13H2,1-2H3,(H,23,24)(H2,22,25,26)/b11-9-. The third-order valence-electron chi connectivity index (χ3n) is 4.83. The number of pyridine rings is 1. The van der Waals surface area contributed by atoms with E-state index >= 15 is 0 Å². The Morgan fingerprint density at radius 3 is 2.62 bits per heavy atom. The van der Waals surface area contributed by atoms with Crippen molar-refractivity contribution in [3.8, 4) is 0 Å². The number of carbonyl (C=O) groups is 1. The summed E-state index contributed by atoms with van der Waals surface area (Å²) in [4.78, 5) is 20.4. The summed E-state index contributed by atoms with van der Waals surface area (Å²) in [5, 5.41) is 2.86. The van der Waals surface area contributed by atoms with Crippen LogP contribution in [0.1, 0.15) is 25.8 Å². The molecule has 26 heavy (non-hydrogen) atoms. The first-order chi connectivity index (χ1) is 12.3. The van der Waals surface area contributed by atoms with Crippen LogP contribution in [0.15, 0.2) is 65.9 Å². The molecule has 1 fully saturated rings. The summed E-state index contributed by atoms with van der Waals surface area (Å²) >= 11 is 0. The van der Waals surface area contributed by atoms with Crippen molar-refractivity contribution >= 4 is 17.4 Å². The van der Waals surface area contributed by atoms with Crippen LogP contribution in [0, 0.1) is 11.4 Å². The molecule has 1 aliphatic carbocycles. The monoisotopic (exact) mass is 352 g/mol. The highest BCUT2D eigenvalue weighted by Gasteiger charge is 2.67. The van der Waals surface area contributed by atoms with Gasteiger partial charge in [-0.15, -0.1) is 0 Å². The highest BCUT2D eigenvalue weighted by Crippen LogP contribution is 2.64. The predicted molar refractivity (Wildman–Crippen MR) is 100 cm³/mol. The van der Waals surface area contributed by atoms with Gasteiger partial charge >= 0.3 is 0 Å². The maximum atomic E-state index is 13.0. The smallest absolute Gasteiger partial charge is 0.258 e. The minimum Gasteiger partial charge on any atom is -0.384 e. The molecule has 1 amide bonds. The van der Waals surface area contributed by atoms with E-state index < -0.39 is 11.4 Å². The first kappa shape index (κ1) is 17.8. The van der Waals surface area contributed by atoms with Crippen molar-refractivity contribution in [3.05, 3.63) is 72.4 Å². The zero-order valence-corrected chi connectivity index (χ0v) is 14.7. The van der Waals surface area contributed by atoms with Gasteiger partial charge in [0.1, 0.15) is 5.84 Å². The van der Waals surface area contributed by atoms with Gasteiger partial charge in [0.2, 0.25) is 5.95 Å². The Balaban J connectivity index is 1.74. The molecule has 0 saturated heterocycles. The number of hydrogen-bond donors (Lipinski definition) is 2. The highest BCUT2D eigenvalue weighted by molar-refractivity contribution is 6.05. The number of halogens is 1. The molecule has 0 aliphatic heterocycles. The van der Waals surface area contributed by atoms with Gasteiger partial charge in [-0.25, -0.2) is 4.98 Å². The Kier molecular flexibility index (Phi) is 4.59. The maximum absolute atomic E-state index is 13.0. The van der Waals surface area contributed by atoms with Crippen molar-refractivity contribution in [2.24, 2.45) is 16.1 Å². The molecule has 2 aromatic rings. The lowest BCUT2D eigenvalue weighted by Gasteiger charge is -2.17. The van der Waals surface area contributed by atoms with Crippen molar-refractivity contribution in [2.45, 2.75) is 25.7 Å². The van der Waals surface area contributed by atoms with E-state index in [1.54, 1.807) is 6.07 Å². The molecule has 3 rings (SSSR count). The number of nitrogens with zero attached hydrogens (tertiary/aromatic N) is 2. The third-order valence-corrected chi connectivity index (χ3v) is 4.83. The van der Waals surface area contributed by atoms with Crippen LogP contribution in [0.25, 0.3) is 0 Å². The molecule has 1 aromatic heterocycles. The molecule has 1 atom stereocenters. The fraction of sp³-hybridized carbons (Fsp3) is 0.250. The SMILES string of the molecule is CC1(C)CC1(C(=O)N=C(N)/C=C\Nc1ccnc(F)c1)c1ccccc1. The summed E-state index contributed by atoms with van der Waals surface area (Å²) < 4.78 is 13.0. The fourth-order valence-corrected chi connectivity index (χ4v) is 3.29. The number of anilines is 1. The Labute approximate surface area is 151 Å². The van der Waals surface area contributed by atoms with Gasteiger partial charge in [-0.2, -0.15) is 9.38 Å². The Morgan fingerprint density at radius 2 is 2.00 bits per heavy atom. The van der Waals surface area contributed by atoms with Gasteiger partial charge in [0.25, 0.3) is 5.91 Å². The molecule has 1 aromatic carbocycles. The van der Waals surface area contributed by atoms with Crippen LogP contribution < -0.4 is 11.1 Å². The summed E-state index contributed by atoms with van der Waals surface area (Å²) in [7, 11) is 0. The van der Waals surface area contributed by atoms with E-state index in [1.807, 2.05) is 30.3 Å². The molecule has 1 unspecified atom stereocenters. The Morgan fingerprint density at radius 1 is 1.31 bits per heavy atom. The number of hydrogen-bond acceptors (Lipinski definition) is 3. The molecule has 0 bridgehead atoms. The molecule has 1 saturated carbocycles. The molecule has 6 heteroatoms. The van der Waals surface area contributed by atoms with E-state index in [9.17, 15) is 9.18 Å². The van der Waals surface area contributed by atoms with Crippen molar-refractivity contribution in [2.75, 3.05) is 5.32 Å². The summed E-state index contributed by atoms with van der Waals surface area (Å²) in [6.45, 7) is 4.11. The lowest BCUT2D eigenvalue weighted by Crippen LogP contribution is -2.26. The van der Waals surface area contributed by atoms with Crippen molar-refractivity contribution < 1.29 is 9.18 Å². The number of amides is 1. The van der Waals surface area contributed by atoms with Gasteiger partial charge in [-0.05, 0) is 29.5 Å². The minimum atomic E-state index is -0.631. The van der Waals surface area contributed by atoms with Crippen molar-refractivity contribution in [1.82, 2.24) is 4.98 Å². The molecule has 0 spiro atoms. The highest BCUT2D eigenvalue weighted by atomic mass is 19.1. The average Bonchev–Trinajstić information content (AvgIpc) is 3.20. The lowest BCUT2D eigenvalue weighted by atomic mass is 9.87. The number of nitrogens with two attached hydrogens (primary N) is 1. The first-order valence-corrected chi connectivity index (χ1v) is 8.34. The zero-order valence-electron chi connectivity index (χ0n) is 14.7. The fourth-order valence-electron chi connectivity index (χ4n) is 3.29. The molecule has 5 nitrogen and oxygen atoms in total. The van der Waals surface area contributed by atoms with Crippen LogP contribution in [0.3, 0.4) is 0 Å². The van der Waals surface area contributed by atoms with Crippen LogP contribution in [-0.4, -0.2) is 16.7 Å². The van der Waals surface area contributed by atoms with Crippen LogP contribution >= 0.6 is 0 Å². The van der Waals surface area contributed by atoms with Gasteiger partial charge < -0.3 is 11.1 Å². The predicted octanol–water partition coefficient (Wildman–Crippen LogP) is 3.40. The van der Waals surface area contributed by atoms with Crippen LogP contribution in [0.2, 0.25) is 0 Å². The van der Waals surface area contributed by atoms with Gasteiger partial charge in [0, 0.05) is 24.2 Å². The molecule has 134 valence electrons. The molecular formula is C20H21FN4O. The van der Waals surface area contributed by atoms with E-state index in [4.69, 9.17) is 5.73 Å². The van der Waals surface area contributed by atoms with E-state index in [-0.39, 0.29) is 17.2 Å². The molecule has 1 aliphatic rings. The topological polar surface area (TPSA) is 80.4 Å². The zero-order chi connectivity index (χ0) is 18.8.